The van der Waals surface area contributed by atoms with Crippen molar-refractivity contribution in [3.05, 3.63) is 48.3 Å². The molecule has 0 spiro atoms. The highest BCUT2D eigenvalue weighted by Gasteiger charge is 2.07. The van der Waals surface area contributed by atoms with Crippen molar-refractivity contribution in [3.8, 4) is 0 Å². The molecule has 102 valence electrons. The number of para-hydroxylation sites is 1. The van der Waals surface area contributed by atoms with Crippen LogP contribution in [0.1, 0.15) is 5.69 Å². The molecule has 0 fully saturated rings. The fourth-order valence-corrected chi connectivity index (χ4v) is 2.78. The Morgan fingerprint density at radius 1 is 1.30 bits per heavy atom. The number of aryl methyl sites for hydroxylation is 1. The van der Waals surface area contributed by atoms with Crippen molar-refractivity contribution in [1.82, 2.24) is 14.9 Å². The predicted molar refractivity (Wildman–Crippen MR) is 80.9 cm³/mol. The maximum absolute atomic E-state index is 11.8. The van der Waals surface area contributed by atoms with Gasteiger partial charge in [-0.15, -0.1) is 0 Å². The van der Waals surface area contributed by atoms with E-state index in [9.17, 15) is 4.79 Å². The molecule has 0 atom stereocenters. The minimum absolute atomic E-state index is 0.245. The number of anilines is 1. The van der Waals surface area contributed by atoms with Crippen LogP contribution in [0.5, 0.6) is 0 Å². The van der Waals surface area contributed by atoms with Gasteiger partial charge in [-0.3, -0.25) is 5.32 Å². The van der Waals surface area contributed by atoms with Gasteiger partial charge < -0.3 is 9.88 Å². The van der Waals surface area contributed by atoms with Gasteiger partial charge in [0.05, 0.1) is 16.8 Å². The molecule has 0 aliphatic heterocycles. The molecule has 3 aromatic rings. The summed E-state index contributed by atoms with van der Waals surface area (Å²) in [7, 11) is 1.95. The van der Waals surface area contributed by atoms with Crippen molar-refractivity contribution in [2.75, 3.05) is 5.32 Å². The summed E-state index contributed by atoms with van der Waals surface area (Å²) >= 11 is 1.46. The Labute approximate surface area is 120 Å². The van der Waals surface area contributed by atoms with Gasteiger partial charge in [0, 0.05) is 18.9 Å². The van der Waals surface area contributed by atoms with Gasteiger partial charge in [0.25, 0.3) is 0 Å². The Bertz CT molecular complexity index is 713. The van der Waals surface area contributed by atoms with Crippen LogP contribution in [-0.2, 0) is 13.6 Å². The summed E-state index contributed by atoms with van der Waals surface area (Å²) in [6.45, 7) is 0.486. The van der Waals surface area contributed by atoms with Crippen LogP contribution >= 0.6 is 11.3 Å². The van der Waals surface area contributed by atoms with E-state index in [1.807, 2.05) is 54.2 Å². The fourth-order valence-electron chi connectivity index (χ4n) is 1.92. The molecule has 2 aromatic heterocycles. The number of nitrogens with zero attached hydrogens (tertiary/aromatic N) is 2. The molecule has 2 heterocycles. The quantitative estimate of drug-likeness (QED) is 0.777. The van der Waals surface area contributed by atoms with E-state index in [1.165, 1.54) is 11.3 Å². The first-order chi connectivity index (χ1) is 9.72. The smallest absolute Gasteiger partial charge is 0.321 e. The van der Waals surface area contributed by atoms with Crippen molar-refractivity contribution < 1.29 is 4.79 Å². The minimum atomic E-state index is -0.245. The number of amides is 2. The number of carbonyl (C=O) groups excluding carboxylic acids is 1. The lowest BCUT2D eigenvalue weighted by Crippen LogP contribution is -2.28. The Kier molecular flexibility index (Phi) is 3.39. The largest absolute Gasteiger partial charge is 0.353 e. The van der Waals surface area contributed by atoms with Crippen molar-refractivity contribution in [1.29, 1.82) is 0 Å². The number of thiazole rings is 1. The van der Waals surface area contributed by atoms with Gasteiger partial charge in [-0.05, 0) is 24.3 Å². The molecule has 6 heteroatoms. The molecule has 3 rings (SSSR count). The summed E-state index contributed by atoms with van der Waals surface area (Å²) in [5, 5.41) is 6.18. The number of nitrogens with one attached hydrogen (secondary N) is 2. The van der Waals surface area contributed by atoms with Crippen LogP contribution in [0.15, 0.2) is 42.6 Å². The number of urea groups is 1. The monoisotopic (exact) mass is 286 g/mol. The summed E-state index contributed by atoms with van der Waals surface area (Å²) in [4.78, 5) is 16.2. The summed E-state index contributed by atoms with van der Waals surface area (Å²) in [5.41, 5.74) is 1.94. The van der Waals surface area contributed by atoms with E-state index in [-0.39, 0.29) is 6.03 Å². The van der Waals surface area contributed by atoms with Crippen LogP contribution < -0.4 is 10.6 Å². The second-order valence-electron chi connectivity index (χ2n) is 4.40. The molecule has 0 aliphatic rings. The number of rotatable bonds is 3. The maximum Gasteiger partial charge on any atom is 0.321 e. The third-order valence-electron chi connectivity index (χ3n) is 3.00. The molecule has 20 heavy (non-hydrogen) atoms. The highest BCUT2D eigenvalue weighted by Crippen LogP contribution is 2.25. The van der Waals surface area contributed by atoms with Gasteiger partial charge in [0.2, 0.25) is 0 Å². The molecule has 0 saturated heterocycles. The fraction of sp³-hybridized carbons (Fsp3) is 0.143. The normalized spacial score (nSPS) is 10.7. The molecule has 0 bridgehead atoms. The molecule has 1 aromatic carbocycles. The first-order valence-corrected chi connectivity index (χ1v) is 7.04. The average Bonchev–Trinajstić information content (AvgIpc) is 3.01. The second-order valence-corrected chi connectivity index (χ2v) is 5.44. The van der Waals surface area contributed by atoms with E-state index < -0.39 is 0 Å². The van der Waals surface area contributed by atoms with Crippen LogP contribution in [0.3, 0.4) is 0 Å². The summed E-state index contributed by atoms with van der Waals surface area (Å²) in [6.07, 6.45) is 1.95. The zero-order valence-corrected chi connectivity index (χ0v) is 11.8. The number of aromatic nitrogens is 2. The van der Waals surface area contributed by atoms with Gasteiger partial charge in [0.1, 0.15) is 0 Å². The van der Waals surface area contributed by atoms with Gasteiger partial charge in [-0.1, -0.05) is 23.5 Å². The topological polar surface area (TPSA) is 59.0 Å². The van der Waals surface area contributed by atoms with E-state index in [4.69, 9.17) is 0 Å². The predicted octanol–water partition coefficient (Wildman–Crippen LogP) is 2.96. The number of hydrogen-bond acceptors (Lipinski definition) is 3. The summed E-state index contributed by atoms with van der Waals surface area (Å²) in [5.74, 6) is 0. The molecule has 0 radical (unpaired) electrons. The number of carbonyl (C=O) groups is 1. The molecule has 0 saturated carbocycles. The molecule has 2 N–H and O–H groups in total. The van der Waals surface area contributed by atoms with E-state index in [0.717, 1.165) is 15.9 Å². The Balaban J connectivity index is 1.62. The maximum atomic E-state index is 11.8. The molecule has 5 nitrogen and oxygen atoms in total. The standard InChI is InChI=1S/C14H14N4OS/c1-18-8-4-5-10(18)9-15-13(19)17-14-16-11-6-2-3-7-12(11)20-14/h2-8H,9H2,1H3,(H2,15,16,17,19). The zero-order chi connectivity index (χ0) is 13.9. The van der Waals surface area contributed by atoms with Crippen molar-refractivity contribution in [2.24, 2.45) is 7.05 Å². The first kappa shape index (κ1) is 12.7. The van der Waals surface area contributed by atoms with Crippen LogP contribution in [-0.4, -0.2) is 15.6 Å². The number of fused-ring (bicyclic) bond motifs is 1. The van der Waals surface area contributed by atoms with Crippen LogP contribution in [0.2, 0.25) is 0 Å². The van der Waals surface area contributed by atoms with Gasteiger partial charge >= 0.3 is 6.03 Å². The van der Waals surface area contributed by atoms with Gasteiger partial charge in [-0.25, -0.2) is 9.78 Å². The lowest BCUT2D eigenvalue weighted by atomic mass is 10.3. The highest BCUT2D eigenvalue weighted by atomic mass is 32.1. The average molecular weight is 286 g/mol. The lowest BCUT2D eigenvalue weighted by Gasteiger charge is -2.06. The van der Waals surface area contributed by atoms with Crippen LogP contribution in [0, 0.1) is 0 Å². The number of hydrogen-bond donors (Lipinski definition) is 2. The van der Waals surface area contributed by atoms with E-state index in [2.05, 4.69) is 15.6 Å². The Morgan fingerprint density at radius 2 is 2.15 bits per heavy atom. The zero-order valence-electron chi connectivity index (χ0n) is 11.0. The van der Waals surface area contributed by atoms with Crippen molar-refractivity contribution in [3.63, 3.8) is 0 Å². The summed E-state index contributed by atoms with van der Waals surface area (Å²) < 4.78 is 3.03. The molecular formula is C14H14N4OS. The molecule has 0 unspecified atom stereocenters. The van der Waals surface area contributed by atoms with Crippen molar-refractivity contribution >= 4 is 32.7 Å². The lowest BCUT2D eigenvalue weighted by molar-refractivity contribution is 0.251. The van der Waals surface area contributed by atoms with Crippen molar-refractivity contribution in [2.45, 2.75) is 6.54 Å². The van der Waals surface area contributed by atoms with Crippen LogP contribution in [0.4, 0.5) is 9.93 Å². The second kappa shape index (κ2) is 5.34. The minimum Gasteiger partial charge on any atom is -0.353 e. The molecular weight excluding hydrogens is 272 g/mol. The van der Waals surface area contributed by atoms with E-state index in [1.54, 1.807) is 0 Å². The third kappa shape index (κ3) is 2.65. The Hall–Kier alpha value is -2.34. The molecule has 0 aliphatic carbocycles. The highest BCUT2D eigenvalue weighted by molar-refractivity contribution is 7.22. The third-order valence-corrected chi connectivity index (χ3v) is 3.95. The van der Waals surface area contributed by atoms with Gasteiger partial charge in [-0.2, -0.15) is 0 Å². The van der Waals surface area contributed by atoms with Gasteiger partial charge in [0.15, 0.2) is 5.13 Å². The molecule has 2 amide bonds. The Morgan fingerprint density at radius 3 is 2.90 bits per heavy atom. The first-order valence-electron chi connectivity index (χ1n) is 6.23. The number of benzene rings is 1. The van der Waals surface area contributed by atoms with Crippen LogP contribution in [0.25, 0.3) is 10.2 Å². The SMILES string of the molecule is Cn1cccc1CNC(=O)Nc1nc2ccccc2s1. The van der Waals surface area contributed by atoms with E-state index >= 15 is 0 Å². The van der Waals surface area contributed by atoms with E-state index in [0.29, 0.717) is 11.7 Å². The summed E-state index contributed by atoms with van der Waals surface area (Å²) in [6, 6.07) is 11.5.